The molecule has 3 heterocycles. The number of H-pyrrole nitrogens is 1. The zero-order valence-electron chi connectivity index (χ0n) is 13.1. The van der Waals surface area contributed by atoms with Gasteiger partial charge in [0.1, 0.15) is 0 Å². The number of amides is 1. The summed E-state index contributed by atoms with van der Waals surface area (Å²) in [6.45, 7) is 2.80. The number of hydrogen-bond acceptors (Lipinski definition) is 4. The van der Waals surface area contributed by atoms with Crippen LogP contribution >= 0.6 is 11.3 Å². The lowest BCUT2D eigenvalue weighted by Gasteiger charge is -2.32. The van der Waals surface area contributed by atoms with E-state index in [0.29, 0.717) is 11.7 Å². The lowest BCUT2D eigenvalue weighted by molar-refractivity contribution is 0.0699. The molecule has 2 aliphatic rings. The number of nitrogens with one attached hydrogen (secondary N) is 2. The van der Waals surface area contributed by atoms with E-state index in [0.717, 1.165) is 49.0 Å². The van der Waals surface area contributed by atoms with Crippen molar-refractivity contribution in [1.29, 1.82) is 0 Å². The second-order valence-corrected chi connectivity index (χ2v) is 7.51. The molecular formula is C17H22N4OS. The summed E-state index contributed by atoms with van der Waals surface area (Å²) in [5.41, 5.74) is 1.45. The first-order valence-electron chi connectivity index (χ1n) is 8.41. The van der Waals surface area contributed by atoms with Crippen molar-refractivity contribution in [2.24, 2.45) is 5.92 Å². The molecule has 0 bridgehead atoms. The highest BCUT2D eigenvalue weighted by molar-refractivity contribution is 7.13. The van der Waals surface area contributed by atoms with Crippen molar-refractivity contribution in [3.05, 3.63) is 29.3 Å². The molecule has 0 atom stereocenters. The molecule has 0 spiro atoms. The van der Waals surface area contributed by atoms with Gasteiger partial charge in [-0.1, -0.05) is 6.07 Å². The number of likely N-dealkylation sites (tertiary alicyclic amines) is 1. The van der Waals surface area contributed by atoms with Gasteiger partial charge < -0.3 is 10.2 Å². The zero-order valence-corrected chi connectivity index (χ0v) is 13.9. The van der Waals surface area contributed by atoms with Gasteiger partial charge in [0.2, 0.25) is 0 Å². The van der Waals surface area contributed by atoms with E-state index in [1.165, 1.54) is 12.8 Å². The summed E-state index contributed by atoms with van der Waals surface area (Å²) in [7, 11) is 0. The fourth-order valence-electron chi connectivity index (χ4n) is 3.09. The number of aromatic amines is 1. The Labute approximate surface area is 140 Å². The first kappa shape index (κ1) is 14.9. The van der Waals surface area contributed by atoms with E-state index in [2.05, 4.69) is 15.5 Å². The summed E-state index contributed by atoms with van der Waals surface area (Å²) in [5, 5.41) is 12.9. The van der Waals surface area contributed by atoms with Crippen LogP contribution in [0, 0.1) is 5.92 Å². The Balaban J connectivity index is 1.32. The number of piperidine rings is 1. The lowest BCUT2D eigenvalue weighted by Crippen LogP contribution is -2.45. The molecule has 6 heteroatoms. The van der Waals surface area contributed by atoms with E-state index in [9.17, 15) is 4.79 Å². The Kier molecular flexibility index (Phi) is 4.18. The minimum atomic E-state index is 0.0460. The molecule has 0 radical (unpaired) electrons. The van der Waals surface area contributed by atoms with Crippen molar-refractivity contribution < 1.29 is 4.79 Å². The maximum atomic E-state index is 12.6. The molecule has 2 aromatic heterocycles. The molecule has 1 amide bonds. The van der Waals surface area contributed by atoms with Gasteiger partial charge in [0, 0.05) is 19.1 Å². The van der Waals surface area contributed by atoms with Crippen molar-refractivity contribution in [3.8, 4) is 10.6 Å². The molecule has 0 unspecified atom stereocenters. The lowest BCUT2D eigenvalue weighted by atomic mass is 10.0. The molecule has 23 heavy (non-hydrogen) atoms. The molecule has 1 saturated carbocycles. The standard InChI is InChI=1S/C17H22N4OS/c22-17(15-10-14(19-20-15)16-2-1-9-23-16)21-7-5-13(6-8-21)18-11-12-3-4-12/h1-2,9-10,12-13,18H,3-8,11H2,(H,19,20). The second kappa shape index (κ2) is 6.45. The van der Waals surface area contributed by atoms with Crippen molar-refractivity contribution in [2.45, 2.75) is 31.7 Å². The molecule has 122 valence electrons. The molecule has 5 nitrogen and oxygen atoms in total. The Morgan fingerprint density at radius 3 is 2.87 bits per heavy atom. The van der Waals surface area contributed by atoms with Gasteiger partial charge in [-0.2, -0.15) is 5.10 Å². The van der Waals surface area contributed by atoms with E-state index in [1.54, 1.807) is 11.3 Å². The maximum absolute atomic E-state index is 12.6. The quantitative estimate of drug-likeness (QED) is 0.886. The third kappa shape index (κ3) is 3.48. The van der Waals surface area contributed by atoms with Crippen LogP contribution in [0.3, 0.4) is 0 Å². The Morgan fingerprint density at radius 1 is 1.35 bits per heavy atom. The van der Waals surface area contributed by atoms with Gasteiger partial charge in [0.15, 0.2) is 5.69 Å². The number of hydrogen-bond donors (Lipinski definition) is 2. The van der Waals surface area contributed by atoms with Crippen LogP contribution in [0.15, 0.2) is 23.6 Å². The molecule has 0 aromatic carbocycles. The Bertz CT molecular complexity index is 654. The summed E-state index contributed by atoms with van der Waals surface area (Å²) in [5.74, 6) is 0.957. The highest BCUT2D eigenvalue weighted by Crippen LogP contribution is 2.28. The molecule has 2 fully saturated rings. The van der Waals surface area contributed by atoms with Crippen LogP contribution in [0.5, 0.6) is 0 Å². The number of rotatable bonds is 5. The van der Waals surface area contributed by atoms with Gasteiger partial charge in [-0.25, -0.2) is 0 Å². The van der Waals surface area contributed by atoms with Gasteiger partial charge in [-0.15, -0.1) is 11.3 Å². The molecule has 1 aliphatic carbocycles. The third-order valence-electron chi connectivity index (χ3n) is 4.76. The van der Waals surface area contributed by atoms with Crippen LogP contribution in [0.2, 0.25) is 0 Å². The van der Waals surface area contributed by atoms with E-state index < -0.39 is 0 Å². The fourth-order valence-corrected chi connectivity index (χ4v) is 3.79. The summed E-state index contributed by atoms with van der Waals surface area (Å²) < 4.78 is 0. The van der Waals surface area contributed by atoms with E-state index in [4.69, 9.17) is 0 Å². The molecule has 1 aliphatic heterocycles. The Hall–Kier alpha value is -1.66. The first-order chi connectivity index (χ1) is 11.3. The van der Waals surface area contributed by atoms with Crippen LogP contribution < -0.4 is 5.32 Å². The van der Waals surface area contributed by atoms with Crippen molar-refractivity contribution >= 4 is 17.2 Å². The molecule has 2 aromatic rings. The predicted octanol–water partition coefficient (Wildman–Crippen LogP) is 2.74. The van der Waals surface area contributed by atoms with Gasteiger partial charge >= 0.3 is 0 Å². The van der Waals surface area contributed by atoms with Crippen molar-refractivity contribution in [3.63, 3.8) is 0 Å². The third-order valence-corrected chi connectivity index (χ3v) is 5.66. The molecule has 1 saturated heterocycles. The highest BCUT2D eigenvalue weighted by Gasteiger charge is 2.27. The van der Waals surface area contributed by atoms with Crippen LogP contribution in [-0.2, 0) is 0 Å². The average Bonchev–Trinajstić information content (AvgIpc) is 3.04. The van der Waals surface area contributed by atoms with E-state index in [-0.39, 0.29) is 5.91 Å². The SMILES string of the molecule is O=C(c1cc(-c2cccs2)[nH]n1)N1CCC(NCC2CC2)CC1. The topological polar surface area (TPSA) is 61.0 Å². The zero-order chi connectivity index (χ0) is 15.6. The monoisotopic (exact) mass is 330 g/mol. The van der Waals surface area contributed by atoms with E-state index >= 15 is 0 Å². The van der Waals surface area contributed by atoms with Crippen LogP contribution in [0.1, 0.15) is 36.2 Å². The molecule has 2 N–H and O–H groups in total. The maximum Gasteiger partial charge on any atom is 0.274 e. The molecule has 4 rings (SSSR count). The first-order valence-corrected chi connectivity index (χ1v) is 9.29. The van der Waals surface area contributed by atoms with Gasteiger partial charge in [0.05, 0.1) is 10.6 Å². The minimum Gasteiger partial charge on any atom is -0.337 e. The van der Waals surface area contributed by atoms with Crippen LogP contribution in [0.25, 0.3) is 10.6 Å². The predicted molar refractivity (Wildman–Crippen MR) is 91.6 cm³/mol. The van der Waals surface area contributed by atoms with Gasteiger partial charge in [-0.05, 0) is 55.7 Å². The van der Waals surface area contributed by atoms with Gasteiger partial charge in [0.25, 0.3) is 5.91 Å². The largest absolute Gasteiger partial charge is 0.337 e. The van der Waals surface area contributed by atoms with Crippen LogP contribution in [0.4, 0.5) is 0 Å². The normalized spacial score (nSPS) is 19.2. The van der Waals surface area contributed by atoms with Crippen LogP contribution in [-0.4, -0.2) is 46.7 Å². The number of carbonyl (C=O) groups excluding carboxylic acids is 1. The summed E-state index contributed by atoms with van der Waals surface area (Å²) >= 11 is 1.65. The number of aromatic nitrogens is 2. The van der Waals surface area contributed by atoms with E-state index in [1.807, 2.05) is 28.5 Å². The number of thiophene rings is 1. The molecular weight excluding hydrogens is 308 g/mol. The van der Waals surface area contributed by atoms with Crippen molar-refractivity contribution in [1.82, 2.24) is 20.4 Å². The Morgan fingerprint density at radius 2 is 2.17 bits per heavy atom. The summed E-state index contributed by atoms with van der Waals surface area (Å²) in [6, 6.07) is 6.47. The van der Waals surface area contributed by atoms with Gasteiger partial charge in [-0.3, -0.25) is 9.89 Å². The minimum absolute atomic E-state index is 0.0460. The average molecular weight is 330 g/mol. The highest BCUT2D eigenvalue weighted by atomic mass is 32.1. The summed E-state index contributed by atoms with van der Waals surface area (Å²) in [4.78, 5) is 15.6. The smallest absolute Gasteiger partial charge is 0.274 e. The number of nitrogens with zero attached hydrogens (tertiary/aromatic N) is 2. The number of carbonyl (C=O) groups is 1. The summed E-state index contributed by atoms with van der Waals surface area (Å²) in [6.07, 6.45) is 4.85. The van der Waals surface area contributed by atoms with Crippen molar-refractivity contribution in [2.75, 3.05) is 19.6 Å². The fraction of sp³-hybridized carbons (Fsp3) is 0.529. The second-order valence-electron chi connectivity index (χ2n) is 6.56.